The number of amides is 2. The molecule has 6 heteroatoms. The van der Waals surface area contributed by atoms with Crippen molar-refractivity contribution in [2.75, 3.05) is 30.8 Å². The summed E-state index contributed by atoms with van der Waals surface area (Å²) in [6.07, 6.45) is 0. The predicted octanol–water partition coefficient (Wildman–Crippen LogP) is 3.13. The highest BCUT2D eigenvalue weighted by Crippen LogP contribution is 2.24. The summed E-state index contributed by atoms with van der Waals surface area (Å²) in [5, 5.41) is 8.44. The van der Waals surface area contributed by atoms with E-state index in [1.165, 1.54) is 0 Å². The Hall–Kier alpha value is -3.02. The van der Waals surface area contributed by atoms with Crippen LogP contribution in [0.2, 0.25) is 0 Å². The minimum Gasteiger partial charge on any atom is -0.491 e. The average molecular weight is 355 g/mol. The maximum atomic E-state index is 12.2. The second-order valence-electron chi connectivity index (χ2n) is 6.26. The number of carbonyl (C=O) groups is 2. The number of ether oxygens (including phenoxy) is 1. The van der Waals surface area contributed by atoms with Gasteiger partial charge in [-0.1, -0.05) is 32.0 Å². The minimum absolute atomic E-state index is 0.0791. The van der Waals surface area contributed by atoms with Crippen LogP contribution in [0.1, 0.15) is 24.2 Å². The smallest absolute Gasteiger partial charge is 0.251 e. The van der Waals surface area contributed by atoms with E-state index in [2.05, 4.69) is 29.8 Å². The Labute approximate surface area is 153 Å². The van der Waals surface area contributed by atoms with Crippen LogP contribution in [0.3, 0.4) is 0 Å². The van der Waals surface area contributed by atoms with Crippen molar-refractivity contribution in [3.8, 4) is 5.75 Å². The van der Waals surface area contributed by atoms with Gasteiger partial charge in [-0.2, -0.15) is 0 Å². The van der Waals surface area contributed by atoms with Crippen LogP contribution >= 0.6 is 0 Å². The summed E-state index contributed by atoms with van der Waals surface area (Å²) in [5.74, 6) is 0.675. The second kappa shape index (κ2) is 9.46. The molecule has 0 radical (unpaired) electrons. The summed E-state index contributed by atoms with van der Waals surface area (Å²) in [4.78, 5) is 23.9. The van der Waals surface area contributed by atoms with Gasteiger partial charge in [0.05, 0.1) is 18.8 Å². The normalized spacial score (nSPS) is 10.3. The van der Waals surface area contributed by atoms with Crippen molar-refractivity contribution in [2.45, 2.75) is 13.8 Å². The van der Waals surface area contributed by atoms with Crippen LogP contribution in [0.25, 0.3) is 0 Å². The largest absolute Gasteiger partial charge is 0.491 e. The first kappa shape index (κ1) is 19.3. The van der Waals surface area contributed by atoms with Crippen LogP contribution < -0.4 is 20.7 Å². The molecule has 0 bridgehead atoms. The third-order valence-electron chi connectivity index (χ3n) is 3.54. The number of benzene rings is 2. The number of para-hydroxylation sites is 2. The topological polar surface area (TPSA) is 79.5 Å². The molecule has 0 saturated heterocycles. The van der Waals surface area contributed by atoms with E-state index in [1.807, 2.05) is 18.2 Å². The molecule has 0 fully saturated rings. The Bertz CT molecular complexity index is 759. The zero-order valence-electron chi connectivity index (χ0n) is 15.3. The molecule has 0 aliphatic rings. The van der Waals surface area contributed by atoms with Crippen molar-refractivity contribution < 1.29 is 14.3 Å². The van der Waals surface area contributed by atoms with Crippen molar-refractivity contribution >= 4 is 23.2 Å². The van der Waals surface area contributed by atoms with Gasteiger partial charge in [-0.05, 0) is 36.2 Å². The maximum Gasteiger partial charge on any atom is 0.251 e. The molecule has 26 heavy (non-hydrogen) atoms. The van der Waals surface area contributed by atoms with E-state index >= 15 is 0 Å². The van der Waals surface area contributed by atoms with Crippen LogP contribution in [0.5, 0.6) is 5.75 Å². The Morgan fingerprint density at radius 1 is 1.08 bits per heavy atom. The maximum absolute atomic E-state index is 12.2. The Kier molecular flexibility index (Phi) is 7.02. The quantitative estimate of drug-likeness (QED) is 0.680. The molecule has 0 spiro atoms. The molecule has 0 heterocycles. The number of hydrogen-bond acceptors (Lipinski definition) is 4. The van der Waals surface area contributed by atoms with Crippen LogP contribution in [-0.4, -0.2) is 32.0 Å². The lowest BCUT2D eigenvalue weighted by Gasteiger charge is -2.14. The number of nitrogens with one attached hydrogen (secondary N) is 3. The highest BCUT2D eigenvalue weighted by atomic mass is 16.5. The van der Waals surface area contributed by atoms with Crippen LogP contribution in [-0.2, 0) is 4.79 Å². The molecule has 2 aromatic rings. The second-order valence-corrected chi connectivity index (χ2v) is 6.26. The first-order chi connectivity index (χ1) is 12.5. The molecule has 0 saturated carbocycles. The lowest BCUT2D eigenvalue weighted by atomic mass is 10.2. The fourth-order valence-electron chi connectivity index (χ4n) is 2.24. The van der Waals surface area contributed by atoms with Gasteiger partial charge in [0.1, 0.15) is 5.75 Å². The van der Waals surface area contributed by atoms with Crippen LogP contribution in [0.4, 0.5) is 11.4 Å². The van der Waals surface area contributed by atoms with E-state index in [0.29, 0.717) is 35.2 Å². The molecule has 2 rings (SSSR count). The van der Waals surface area contributed by atoms with Gasteiger partial charge >= 0.3 is 0 Å². The van der Waals surface area contributed by atoms with Crippen molar-refractivity contribution in [2.24, 2.45) is 5.92 Å². The SMILES string of the molecule is CNC(=O)c1cccc(NCC(=O)Nc2ccccc2OCC(C)C)c1. The van der Waals surface area contributed by atoms with Gasteiger partial charge in [-0.15, -0.1) is 0 Å². The first-order valence-corrected chi connectivity index (χ1v) is 8.57. The molecule has 0 unspecified atom stereocenters. The van der Waals surface area contributed by atoms with Crippen molar-refractivity contribution in [1.82, 2.24) is 5.32 Å². The fourth-order valence-corrected chi connectivity index (χ4v) is 2.24. The molecule has 138 valence electrons. The van der Waals surface area contributed by atoms with Gasteiger partial charge in [0, 0.05) is 18.3 Å². The van der Waals surface area contributed by atoms with Crippen molar-refractivity contribution in [3.63, 3.8) is 0 Å². The molecule has 0 aliphatic carbocycles. The van der Waals surface area contributed by atoms with E-state index in [0.717, 1.165) is 0 Å². The molecule has 2 amide bonds. The Balaban J connectivity index is 1.94. The van der Waals surface area contributed by atoms with E-state index < -0.39 is 0 Å². The van der Waals surface area contributed by atoms with E-state index in [1.54, 1.807) is 37.4 Å². The van der Waals surface area contributed by atoms with Gasteiger partial charge in [-0.25, -0.2) is 0 Å². The average Bonchev–Trinajstić information content (AvgIpc) is 2.65. The summed E-state index contributed by atoms with van der Waals surface area (Å²) in [6.45, 7) is 4.79. The number of anilines is 2. The molecular weight excluding hydrogens is 330 g/mol. The van der Waals surface area contributed by atoms with E-state index in [9.17, 15) is 9.59 Å². The van der Waals surface area contributed by atoms with Gasteiger partial charge in [0.25, 0.3) is 5.91 Å². The number of carbonyl (C=O) groups excluding carboxylic acids is 2. The summed E-state index contributed by atoms with van der Waals surface area (Å²) in [5.41, 5.74) is 1.87. The molecule has 0 aliphatic heterocycles. The summed E-state index contributed by atoms with van der Waals surface area (Å²) in [7, 11) is 1.58. The Morgan fingerprint density at radius 3 is 2.58 bits per heavy atom. The van der Waals surface area contributed by atoms with E-state index in [-0.39, 0.29) is 18.4 Å². The van der Waals surface area contributed by atoms with Crippen LogP contribution in [0, 0.1) is 5.92 Å². The molecular formula is C20H25N3O3. The Morgan fingerprint density at radius 2 is 1.85 bits per heavy atom. The third kappa shape index (κ3) is 5.81. The van der Waals surface area contributed by atoms with Gasteiger partial charge < -0.3 is 20.7 Å². The molecule has 2 aromatic carbocycles. The van der Waals surface area contributed by atoms with Gasteiger partial charge in [-0.3, -0.25) is 9.59 Å². The highest BCUT2D eigenvalue weighted by molar-refractivity contribution is 5.96. The monoisotopic (exact) mass is 355 g/mol. The summed E-state index contributed by atoms with van der Waals surface area (Å²) in [6, 6.07) is 14.3. The zero-order chi connectivity index (χ0) is 18.9. The number of rotatable bonds is 8. The van der Waals surface area contributed by atoms with Crippen molar-refractivity contribution in [3.05, 3.63) is 54.1 Å². The molecule has 6 nitrogen and oxygen atoms in total. The number of hydrogen-bond donors (Lipinski definition) is 3. The molecule has 3 N–H and O–H groups in total. The summed E-state index contributed by atoms with van der Waals surface area (Å²) < 4.78 is 5.74. The molecule has 0 aromatic heterocycles. The highest BCUT2D eigenvalue weighted by Gasteiger charge is 2.09. The first-order valence-electron chi connectivity index (χ1n) is 8.57. The van der Waals surface area contributed by atoms with Crippen LogP contribution in [0.15, 0.2) is 48.5 Å². The van der Waals surface area contributed by atoms with Crippen molar-refractivity contribution in [1.29, 1.82) is 0 Å². The minimum atomic E-state index is -0.198. The molecule has 0 atom stereocenters. The fraction of sp³-hybridized carbons (Fsp3) is 0.300. The predicted molar refractivity (Wildman–Crippen MR) is 104 cm³/mol. The zero-order valence-corrected chi connectivity index (χ0v) is 15.3. The van der Waals surface area contributed by atoms with Gasteiger partial charge in [0.2, 0.25) is 5.91 Å². The van der Waals surface area contributed by atoms with Gasteiger partial charge in [0.15, 0.2) is 0 Å². The standard InChI is InChI=1S/C20H25N3O3/c1-14(2)13-26-18-10-5-4-9-17(18)23-19(24)12-22-16-8-6-7-15(11-16)20(25)21-3/h4-11,14,22H,12-13H2,1-3H3,(H,21,25)(H,23,24). The summed E-state index contributed by atoms with van der Waals surface area (Å²) >= 11 is 0. The lowest BCUT2D eigenvalue weighted by Crippen LogP contribution is -2.22. The lowest BCUT2D eigenvalue weighted by molar-refractivity contribution is -0.114. The van der Waals surface area contributed by atoms with E-state index in [4.69, 9.17) is 4.74 Å². The third-order valence-corrected chi connectivity index (χ3v) is 3.54.